The minimum atomic E-state index is 0.259. The van der Waals surface area contributed by atoms with E-state index >= 15 is 0 Å². The number of anilines is 3. The Kier molecular flexibility index (Phi) is 3.03. The molecule has 138 valence electrons. The first-order valence-electron chi connectivity index (χ1n) is 9.84. The molecule has 6 rings (SSSR count). The normalized spacial score (nSPS) is 17.2. The fourth-order valence-electron chi connectivity index (χ4n) is 5.09. The van der Waals surface area contributed by atoms with Crippen LogP contribution in [0, 0.1) is 6.92 Å². The van der Waals surface area contributed by atoms with Crippen molar-refractivity contribution in [1.82, 2.24) is 9.55 Å². The summed E-state index contributed by atoms with van der Waals surface area (Å²) >= 11 is 0. The Morgan fingerprint density at radius 1 is 0.929 bits per heavy atom. The van der Waals surface area contributed by atoms with Gasteiger partial charge in [-0.1, -0.05) is 36.4 Å². The quantitative estimate of drug-likeness (QED) is 0.409. The van der Waals surface area contributed by atoms with Gasteiger partial charge in [-0.3, -0.25) is 0 Å². The van der Waals surface area contributed by atoms with Gasteiger partial charge >= 0.3 is 0 Å². The minimum Gasteiger partial charge on any atom is -0.353 e. The van der Waals surface area contributed by atoms with Crippen LogP contribution < -0.4 is 9.80 Å². The van der Waals surface area contributed by atoms with Crippen LogP contribution >= 0.6 is 0 Å². The summed E-state index contributed by atoms with van der Waals surface area (Å²) in [6.45, 7) is 4.56. The molecule has 0 amide bonds. The van der Waals surface area contributed by atoms with Crippen LogP contribution in [0.3, 0.4) is 0 Å². The first-order valence-corrected chi connectivity index (χ1v) is 9.84. The van der Waals surface area contributed by atoms with Crippen LogP contribution in [0.5, 0.6) is 0 Å². The fraction of sp³-hybridized carbons (Fsp3) is 0.208. The summed E-state index contributed by atoms with van der Waals surface area (Å²) in [6.07, 6.45) is 5.14. The number of hydrogen-bond acceptors (Lipinski definition) is 3. The Bertz CT molecular complexity index is 1250. The van der Waals surface area contributed by atoms with E-state index in [-0.39, 0.29) is 6.17 Å². The van der Waals surface area contributed by atoms with Crippen molar-refractivity contribution in [3.05, 3.63) is 77.9 Å². The highest BCUT2D eigenvalue weighted by atomic mass is 15.4. The van der Waals surface area contributed by atoms with Crippen molar-refractivity contribution in [3.63, 3.8) is 0 Å². The van der Waals surface area contributed by atoms with Crippen molar-refractivity contribution >= 4 is 27.8 Å². The van der Waals surface area contributed by atoms with Gasteiger partial charge in [0, 0.05) is 36.8 Å². The van der Waals surface area contributed by atoms with Crippen LogP contribution in [-0.4, -0.2) is 22.8 Å². The zero-order chi connectivity index (χ0) is 19.0. The first-order chi connectivity index (χ1) is 13.7. The lowest BCUT2D eigenvalue weighted by Gasteiger charge is -2.31. The SMILES string of the molecule is Cc1c(N2c3ccccc3N(C)[C@@H]2C)c2c(c3ccccc13)-n1ccnc1C2. The van der Waals surface area contributed by atoms with Gasteiger partial charge in [-0.2, -0.15) is 0 Å². The number of para-hydroxylation sites is 2. The minimum absolute atomic E-state index is 0.259. The van der Waals surface area contributed by atoms with E-state index < -0.39 is 0 Å². The highest BCUT2D eigenvalue weighted by molar-refractivity contribution is 6.02. The van der Waals surface area contributed by atoms with Gasteiger partial charge in [0.15, 0.2) is 0 Å². The second kappa shape index (κ2) is 5.38. The molecular weight excluding hydrogens is 344 g/mol. The van der Waals surface area contributed by atoms with E-state index in [9.17, 15) is 0 Å². The van der Waals surface area contributed by atoms with Crippen molar-refractivity contribution in [2.24, 2.45) is 0 Å². The van der Waals surface area contributed by atoms with Crippen molar-refractivity contribution in [2.45, 2.75) is 26.4 Å². The zero-order valence-corrected chi connectivity index (χ0v) is 16.3. The van der Waals surface area contributed by atoms with Gasteiger partial charge in [0.1, 0.15) is 12.0 Å². The van der Waals surface area contributed by atoms with Crippen LogP contribution in [-0.2, 0) is 6.42 Å². The lowest BCUT2D eigenvalue weighted by Crippen LogP contribution is -2.36. The Morgan fingerprint density at radius 2 is 1.64 bits per heavy atom. The zero-order valence-electron chi connectivity index (χ0n) is 16.3. The molecular formula is C24H22N4. The number of fused-ring (bicyclic) bond motifs is 6. The molecule has 0 bridgehead atoms. The molecule has 0 spiro atoms. The Morgan fingerprint density at radius 3 is 2.46 bits per heavy atom. The Hall–Kier alpha value is -3.27. The van der Waals surface area contributed by atoms with Crippen molar-refractivity contribution in [2.75, 3.05) is 16.8 Å². The smallest absolute Gasteiger partial charge is 0.117 e. The number of imidazole rings is 1. The van der Waals surface area contributed by atoms with Crippen molar-refractivity contribution < 1.29 is 0 Å². The second-order valence-corrected chi connectivity index (χ2v) is 7.84. The third-order valence-electron chi connectivity index (χ3n) is 6.50. The average Bonchev–Trinajstić information content (AvgIpc) is 3.37. The predicted octanol–water partition coefficient (Wildman–Crippen LogP) is 5.17. The molecule has 3 heterocycles. The van der Waals surface area contributed by atoms with Crippen molar-refractivity contribution in [1.29, 1.82) is 0 Å². The maximum atomic E-state index is 4.63. The number of benzene rings is 3. The lowest BCUT2D eigenvalue weighted by atomic mass is 9.95. The molecule has 0 N–H and O–H groups in total. The molecule has 3 aromatic carbocycles. The molecule has 4 nitrogen and oxygen atoms in total. The molecule has 0 saturated heterocycles. The summed E-state index contributed by atoms with van der Waals surface area (Å²) in [5, 5.41) is 2.63. The summed E-state index contributed by atoms with van der Waals surface area (Å²) in [4.78, 5) is 9.51. The standard InChI is InChI=1S/C24H22N4/c1-15-17-8-4-5-9-18(17)24-19(14-22-25-12-13-27(22)24)23(15)28-16(2)26(3)20-10-6-7-11-21(20)28/h4-13,16H,14H2,1-3H3/t16-/m0/s1. The monoisotopic (exact) mass is 366 g/mol. The molecule has 0 fully saturated rings. The van der Waals surface area contributed by atoms with E-state index in [4.69, 9.17) is 0 Å². The largest absolute Gasteiger partial charge is 0.353 e. The molecule has 0 saturated carbocycles. The second-order valence-electron chi connectivity index (χ2n) is 7.84. The van der Waals surface area contributed by atoms with Gasteiger partial charge in [-0.25, -0.2) is 4.98 Å². The van der Waals surface area contributed by atoms with Crippen LogP contribution in [0.4, 0.5) is 17.1 Å². The average molecular weight is 366 g/mol. The molecule has 2 aliphatic rings. The molecule has 4 aromatic rings. The van der Waals surface area contributed by atoms with Gasteiger partial charge in [-0.15, -0.1) is 0 Å². The summed E-state index contributed by atoms with van der Waals surface area (Å²) in [5.74, 6) is 1.13. The van der Waals surface area contributed by atoms with Crippen LogP contribution in [0.1, 0.15) is 23.9 Å². The Labute approximate surface area is 164 Å². The predicted molar refractivity (Wildman–Crippen MR) is 115 cm³/mol. The van der Waals surface area contributed by atoms with E-state index in [1.807, 2.05) is 6.20 Å². The van der Waals surface area contributed by atoms with E-state index in [0.29, 0.717) is 0 Å². The van der Waals surface area contributed by atoms with Gasteiger partial charge in [0.05, 0.1) is 22.7 Å². The summed E-state index contributed by atoms with van der Waals surface area (Å²) < 4.78 is 2.27. The van der Waals surface area contributed by atoms with E-state index in [2.05, 4.69) is 95.0 Å². The number of rotatable bonds is 1. The van der Waals surface area contributed by atoms with Crippen molar-refractivity contribution in [3.8, 4) is 5.69 Å². The number of aromatic nitrogens is 2. The van der Waals surface area contributed by atoms with Crippen LogP contribution in [0.2, 0.25) is 0 Å². The summed E-state index contributed by atoms with van der Waals surface area (Å²) in [7, 11) is 2.19. The molecule has 0 aliphatic carbocycles. The molecule has 1 atom stereocenters. The lowest BCUT2D eigenvalue weighted by molar-refractivity contribution is 0.731. The third kappa shape index (κ3) is 1.82. The third-order valence-corrected chi connectivity index (χ3v) is 6.50. The van der Waals surface area contributed by atoms with Gasteiger partial charge in [0.25, 0.3) is 0 Å². The number of hydrogen-bond donors (Lipinski definition) is 0. The molecule has 2 aliphatic heterocycles. The molecule has 0 radical (unpaired) electrons. The van der Waals surface area contributed by atoms with Gasteiger partial charge in [0.2, 0.25) is 0 Å². The van der Waals surface area contributed by atoms with Gasteiger partial charge < -0.3 is 14.4 Å². The van der Waals surface area contributed by atoms with Gasteiger partial charge in [-0.05, 0) is 36.9 Å². The molecule has 1 aromatic heterocycles. The molecule has 0 unspecified atom stereocenters. The summed E-state index contributed by atoms with van der Waals surface area (Å²) in [5.41, 5.74) is 7.93. The number of nitrogens with zero attached hydrogens (tertiary/aromatic N) is 4. The first kappa shape index (κ1) is 15.8. The number of aryl methyl sites for hydroxylation is 1. The maximum Gasteiger partial charge on any atom is 0.117 e. The van der Waals surface area contributed by atoms with Crippen LogP contribution in [0.25, 0.3) is 16.5 Å². The molecule has 4 heteroatoms. The highest BCUT2D eigenvalue weighted by Gasteiger charge is 2.36. The van der Waals surface area contributed by atoms with E-state index in [1.54, 1.807) is 0 Å². The van der Waals surface area contributed by atoms with Crippen LogP contribution in [0.15, 0.2) is 60.9 Å². The summed E-state index contributed by atoms with van der Waals surface area (Å²) in [6, 6.07) is 17.5. The van der Waals surface area contributed by atoms with E-state index in [1.165, 1.54) is 44.6 Å². The molecule has 28 heavy (non-hydrogen) atoms. The van der Waals surface area contributed by atoms with E-state index in [0.717, 1.165) is 12.2 Å². The highest BCUT2D eigenvalue weighted by Crippen LogP contribution is 2.50. The fourth-order valence-corrected chi connectivity index (χ4v) is 5.09. The topological polar surface area (TPSA) is 24.3 Å². The Balaban J connectivity index is 1.72. The maximum absolute atomic E-state index is 4.63.